The summed E-state index contributed by atoms with van der Waals surface area (Å²) in [5.41, 5.74) is 3.16. The fraction of sp³-hybridized carbons (Fsp3) is 0.136. The number of sulfonamides is 1. The van der Waals surface area contributed by atoms with Gasteiger partial charge >= 0.3 is 0 Å². The van der Waals surface area contributed by atoms with Crippen LogP contribution in [0.25, 0.3) is 0 Å². The molecule has 4 nitrogen and oxygen atoms in total. The summed E-state index contributed by atoms with van der Waals surface area (Å²) in [6, 6.07) is 22.2. The zero-order chi connectivity index (χ0) is 19.6. The van der Waals surface area contributed by atoms with Gasteiger partial charge in [-0.3, -0.25) is 0 Å². The first-order chi connectivity index (χ1) is 13.5. The SMILES string of the molecule is O=S(=O)(N=C(c1ccccc1)N1CCc2ccccc2C1)c1ccc(F)cc1. The second-order valence-corrected chi connectivity index (χ2v) is 8.25. The average molecular weight is 394 g/mol. The summed E-state index contributed by atoms with van der Waals surface area (Å²) in [6.07, 6.45) is 0.818. The lowest BCUT2D eigenvalue weighted by atomic mass is 9.99. The molecule has 0 amide bonds. The van der Waals surface area contributed by atoms with Crippen molar-refractivity contribution < 1.29 is 12.8 Å². The van der Waals surface area contributed by atoms with Crippen molar-refractivity contribution >= 4 is 15.9 Å². The van der Waals surface area contributed by atoms with E-state index in [0.717, 1.165) is 29.7 Å². The van der Waals surface area contributed by atoms with Crippen LogP contribution in [-0.4, -0.2) is 25.7 Å². The summed E-state index contributed by atoms with van der Waals surface area (Å²) in [4.78, 5) is 1.96. The Bertz CT molecular complexity index is 1110. The van der Waals surface area contributed by atoms with Crippen LogP contribution >= 0.6 is 0 Å². The fourth-order valence-corrected chi connectivity index (χ4v) is 4.36. The number of amidine groups is 1. The summed E-state index contributed by atoms with van der Waals surface area (Å²) >= 11 is 0. The average Bonchev–Trinajstić information content (AvgIpc) is 2.73. The van der Waals surface area contributed by atoms with Gasteiger partial charge in [-0.1, -0.05) is 54.6 Å². The van der Waals surface area contributed by atoms with Crippen LogP contribution in [0.2, 0.25) is 0 Å². The highest BCUT2D eigenvalue weighted by Crippen LogP contribution is 2.23. The van der Waals surface area contributed by atoms with Crippen molar-refractivity contribution in [1.82, 2.24) is 4.90 Å². The number of hydrogen-bond acceptors (Lipinski definition) is 2. The van der Waals surface area contributed by atoms with Crippen molar-refractivity contribution in [2.45, 2.75) is 17.9 Å². The highest BCUT2D eigenvalue weighted by atomic mass is 32.2. The highest BCUT2D eigenvalue weighted by molar-refractivity contribution is 7.90. The molecule has 142 valence electrons. The third-order valence-corrected chi connectivity index (χ3v) is 6.06. The Morgan fingerprint density at radius 2 is 1.50 bits per heavy atom. The second kappa shape index (κ2) is 7.56. The van der Waals surface area contributed by atoms with E-state index in [4.69, 9.17) is 0 Å². The van der Waals surface area contributed by atoms with E-state index >= 15 is 0 Å². The Balaban J connectivity index is 1.77. The molecule has 0 aromatic heterocycles. The van der Waals surface area contributed by atoms with E-state index in [2.05, 4.69) is 16.5 Å². The molecule has 4 rings (SSSR count). The first-order valence-electron chi connectivity index (χ1n) is 9.01. The maximum absolute atomic E-state index is 13.2. The van der Waals surface area contributed by atoms with Crippen LogP contribution in [-0.2, 0) is 23.0 Å². The second-order valence-electron chi connectivity index (χ2n) is 6.65. The molecule has 1 heterocycles. The van der Waals surface area contributed by atoms with Gasteiger partial charge in [0.15, 0.2) is 0 Å². The van der Waals surface area contributed by atoms with Crippen LogP contribution < -0.4 is 0 Å². The van der Waals surface area contributed by atoms with Crippen molar-refractivity contribution in [3.05, 3.63) is 101 Å². The number of nitrogens with zero attached hydrogens (tertiary/aromatic N) is 2. The lowest BCUT2D eigenvalue weighted by Gasteiger charge is -2.31. The van der Waals surface area contributed by atoms with Gasteiger partial charge in [-0.05, 0) is 41.8 Å². The first-order valence-corrected chi connectivity index (χ1v) is 10.4. The molecule has 0 saturated heterocycles. The number of hydrogen-bond donors (Lipinski definition) is 0. The van der Waals surface area contributed by atoms with Gasteiger partial charge in [0.2, 0.25) is 0 Å². The maximum atomic E-state index is 13.2. The molecule has 0 N–H and O–H groups in total. The molecule has 28 heavy (non-hydrogen) atoms. The Labute approximate surface area is 164 Å². The molecule has 0 aliphatic carbocycles. The van der Waals surface area contributed by atoms with Crippen LogP contribution in [0.3, 0.4) is 0 Å². The zero-order valence-electron chi connectivity index (χ0n) is 15.1. The molecule has 0 spiro atoms. The molecule has 1 aliphatic rings. The van der Waals surface area contributed by atoms with Crippen LogP contribution in [0.15, 0.2) is 88.2 Å². The summed E-state index contributed by atoms with van der Waals surface area (Å²) < 4.78 is 43.1. The molecule has 3 aromatic rings. The summed E-state index contributed by atoms with van der Waals surface area (Å²) in [7, 11) is -3.97. The minimum absolute atomic E-state index is 0.0280. The van der Waals surface area contributed by atoms with Crippen molar-refractivity contribution in [2.75, 3.05) is 6.54 Å². The van der Waals surface area contributed by atoms with Crippen molar-refractivity contribution in [3.63, 3.8) is 0 Å². The third-order valence-electron chi connectivity index (χ3n) is 4.78. The van der Waals surface area contributed by atoms with Gasteiger partial charge in [0.1, 0.15) is 11.7 Å². The quantitative estimate of drug-likeness (QED) is 0.498. The molecule has 0 bridgehead atoms. The Hall–Kier alpha value is -2.99. The van der Waals surface area contributed by atoms with Gasteiger partial charge < -0.3 is 4.90 Å². The van der Waals surface area contributed by atoms with E-state index in [1.807, 2.05) is 47.4 Å². The summed E-state index contributed by atoms with van der Waals surface area (Å²) in [5.74, 6) is -0.0849. The fourth-order valence-electron chi connectivity index (χ4n) is 3.33. The molecule has 3 aromatic carbocycles. The lowest BCUT2D eigenvalue weighted by Crippen LogP contribution is -2.37. The Kier molecular flexibility index (Phi) is 4.96. The predicted molar refractivity (Wildman–Crippen MR) is 107 cm³/mol. The minimum Gasteiger partial charge on any atom is -0.351 e. The molecular formula is C22H19FN2O2S. The van der Waals surface area contributed by atoms with E-state index in [9.17, 15) is 12.8 Å². The molecule has 6 heteroatoms. The van der Waals surface area contributed by atoms with Crippen LogP contribution in [0.5, 0.6) is 0 Å². The molecule has 0 saturated carbocycles. The van der Waals surface area contributed by atoms with Gasteiger partial charge in [-0.2, -0.15) is 8.42 Å². The molecule has 1 aliphatic heterocycles. The highest BCUT2D eigenvalue weighted by Gasteiger charge is 2.23. The molecule has 0 radical (unpaired) electrons. The zero-order valence-corrected chi connectivity index (χ0v) is 15.9. The number of rotatable bonds is 3. The van der Waals surface area contributed by atoms with Crippen LogP contribution in [0.1, 0.15) is 16.7 Å². The molecular weight excluding hydrogens is 375 g/mol. The lowest BCUT2D eigenvalue weighted by molar-refractivity contribution is 0.395. The van der Waals surface area contributed by atoms with E-state index < -0.39 is 15.8 Å². The van der Waals surface area contributed by atoms with Gasteiger partial charge in [-0.15, -0.1) is 4.40 Å². The smallest absolute Gasteiger partial charge is 0.284 e. The number of benzene rings is 3. The van der Waals surface area contributed by atoms with E-state index in [-0.39, 0.29) is 4.90 Å². The van der Waals surface area contributed by atoms with Crippen molar-refractivity contribution in [1.29, 1.82) is 0 Å². The molecule has 0 atom stereocenters. The van der Waals surface area contributed by atoms with Gasteiger partial charge in [0.25, 0.3) is 10.0 Å². The van der Waals surface area contributed by atoms with Crippen LogP contribution in [0, 0.1) is 5.82 Å². The summed E-state index contributed by atoms with van der Waals surface area (Å²) in [6.45, 7) is 1.26. The largest absolute Gasteiger partial charge is 0.351 e. The maximum Gasteiger partial charge on any atom is 0.284 e. The van der Waals surface area contributed by atoms with Crippen molar-refractivity contribution in [2.24, 2.45) is 4.40 Å². The number of fused-ring (bicyclic) bond motifs is 1. The molecule has 0 fully saturated rings. The van der Waals surface area contributed by atoms with Crippen LogP contribution in [0.4, 0.5) is 4.39 Å². The van der Waals surface area contributed by atoms with E-state index in [1.165, 1.54) is 17.7 Å². The van der Waals surface area contributed by atoms with E-state index in [0.29, 0.717) is 18.9 Å². The standard InChI is InChI=1S/C22H19FN2O2S/c23-20-10-12-21(13-11-20)28(26,27)24-22(18-7-2-1-3-8-18)25-15-14-17-6-4-5-9-19(17)16-25/h1-13H,14-16H2. The monoisotopic (exact) mass is 394 g/mol. The summed E-state index contributed by atoms with van der Waals surface area (Å²) in [5, 5.41) is 0. The minimum atomic E-state index is -3.97. The molecule has 0 unspecified atom stereocenters. The third kappa shape index (κ3) is 3.82. The van der Waals surface area contributed by atoms with E-state index in [1.54, 1.807) is 0 Å². The van der Waals surface area contributed by atoms with Crippen molar-refractivity contribution in [3.8, 4) is 0 Å². The number of halogens is 1. The predicted octanol–water partition coefficient (Wildman–Crippen LogP) is 4.02. The topological polar surface area (TPSA) is 49.7 Å². The van der Waals surface area contributed by atoms with Gasteiger partial charge in [-0.25, -0.2) is 4.39 Å². The van der Waals surface area contributed by atoms with Gasteiger partial charge in [0, 0.05) is 18.7 Å². The first kappa shape index (κ1) is 18.4. The normalized spacial score (nSPS) is 14.6. The Morgan fingerprint density at radius 3 is 2.21 bits per heavy atom. The van der Waals surface area contributed by atoms with Gasteiger partial charge in [0.05, 0.1) is 4.90 Å². The Morgan fingerprint density at radius 1 is 0.857 bits per heavy atom.